The van der Waals surface area contributed by atoms with Crippen molar-refractivity contribution in [3.05, 3.63) is 60.2 Å². The van der Waals surface area contributed by atoms with E-state index in [4.69, 9.17) is 4.74 Å². The third-order valence-electron chi connectivity index (χ3n) is 3.63. The van der Waals surface area contributed by atoms with E-state index in [9.17, 15) is 9.59 Å². The van der Waals surface area contributed by atoms with Gasteiger partial charge in [0.1, 0.15) is 5.75 Å². The molecule has 0 aromatic heterocycles. The Morgan fingerprint density at radius 2 is 1.71 bits per heavy atom. The molecule has 0 aliphatic carbocycles. The number of amides is 2. The summed E-state index contributed by atoms with van der Waals surface area (Å²) < 4.78 is 5.09. The van der Waals surface area contributed by atoms with Crippen LogP contribution in [0.1, 0.15) is 12.5 Å². The van der Waals surface area contributed by atoms with E-state index in [1.54, 1.807) is 12.0 Å². The van der Waals surface area contributed by atoms with Gasteiger partial charge < -0.3 is 15.0 Å². The van der Waals surface area contributed by atoms with E-state index in [2.05, 4.69) is 5.32 Å². The Balaban J connectivity index is 1.83. The van der Waals surface area contributed by atoms with E-state index in [1.165, 1.54) is 6.92 Å². The minimum absolute atomic E-state index is 0.0504. The van der Waals surface area contributed by atoms with Crippen molar-refractivity contribution >= 4 is 17.5 Å². The van der Waals surface area contributed by atoms with Crippen LogP contribution in [0.25, 0.3) is 0 Å². The molecule has 0 bridgehead atoms. The van der Waals surface area contributed by atoms with Gasteiger partial charge in [0, 0.05) is 25.7 Å². The lowest BCUT2D eigenvalue weighted by Gasteiger charge is -2.21. The number of methoxy groups -OCH3 is 1. The SMILES string of the molecule is COc1ccc(CC(=O)NCCN(C(C)=O)c2ccccc2)cc1. The van der Waals surface area contributed by atoms with Gasteiger partial charge >= 0.3 is 0 Å². The van der Waals surface area contributed by atoms with Crippen molar-refractivity contribution in [3.63, 3.8) is 0 Å². The predicted octanol–water partition coefficient (Wildman–Crippen LogP) is 2.41. The quantitative estimate of drug-likeness (QED) is 0.850. The summed E-state index contributed by atoms with van der Waals surface area (Å²) in [6.07, 6.45) is 0.301. The molecule has 0 fully saturated rings. The van der Waals surface area contributed by atoms with E-state index >= 15 is 0 Å². The molecular weight excluding hydrogens is 304 g/mol. The number of carbonyl (C=O) groups excluding carboxylic acids is 2. The van der Waals surface area contributed by atoms with Gasteiger partial charge in [-0.1, -0.05) is 30.3 Å². The molecule has 0 spiro atoms. The van der Waals surface area contributed by atoms with Crippen molar-refractivity contribution in [2.24, 2.45) is 0 Å². The zero-order valence-electron chi connectivity index (χ0n) is 14.0. The highest BCUT2D eigenvalue weighted by Gasteiger charge is 2.11. The first kappa shape index (κ1) is 17.5. The van der Waals surface area contributed by atoms with Crippen LogP contribution in [0.2, 0.25) is 0 Å². The van der Waals surface area contributed by atoms with Gasteiger partial charge in [-0.2, -0.15) is 0 Å². The fourth-order valence-electron chi connectivity index (χ4n) is 2.37. The second-order valence-electron chi connectivity index (χ2n) is 5.38. The Labute approximate surface area is 142 Å². The number of carbonyl (C=O) groups is 2. The van der Waals surface area contributed by atoms with Gasteiger partial charge in [-0.25, -0.2) is 0 Å². The van der Waals surface area contributed by atoms with Gasteiger partial charge in [0.2, 0.25) is 11.8 Å². The zero-order valence-corrected chi connectivity index (χ0v) is 14.0. The molecule has 24 heavy (non-hydrogen) atoms. The number of para-hydroxylation sites is 1. The molecule has 0 saturated carbocycles. The summed E-state index contributed by atoms with van der Waals surface area (Å²) in [5, 5.41) is 2.85. The van der Waals surface area contributed by atoms with E-state index in [-0.39, 0.29) is 11.8 Å². The van der Waals surface area contributed by atoms with Crippen LogP contribution in [0.15, 0.2) is 54.6 Å². The second-order valence-corrected chi connectivity index (χ2v) is 5.38. The topological polar surface area (TPSA) is 58.6 Å². The molecule has 2 rings (SSSR count). The Morgan fingerprint density at radius 3 is 2.29 bits per heavy atom. The van der Waals surface area contributed by atoms with E-state index in [0.717, 1.165) is 17.0 Å². The summed E-state index contributed by atoms with van der Waals surface area (Å²) in [5.41, 5.74) is 1.74. The van der Waals surface area contributed by atoms with Gasteiger partial charge in [0.25, 0.3) is 0 Å². The fraction of sp³-hybridized carbons (Fsp3) is 0.263. The average molecular weight is 326 g/mol. The number of hydrogen-bond acceptors (Lipinski definition) is 3. The van der Waals surface area contributed by atoms with E-state index in [0.29, 0.717) is 19.5 Å². The molecule has 1 N–H and O–H groups in total. The van der Waals surface area contributed by atoms with Crippen molar-refractivity contribution in [2.45, 2.75) is 13.3 Å². The first-order chi connectivity index (χ1) is 11.6. The molecule has 0 aliphatic heterocycles. The van der Waals surface area contributed by atoms with Gasteiger partial charge in [-0.15, -0.1) is 0 Å². The van der Waals surface area contributed by atoms with Crippen molar-refractivity contribution in [2.75, 3.05) is 25.1 Å². The largest absolute Gasteiger partial charge is 0.497 e. The normalized spacial score (nSPS) is 10.1. The number of anilines is 1. The number of ether oxygens (including phenoxy) is 1. The van der Waals surface area contributed by atoms with Gasteiger partial charge in [-0.05, 0) is 29.8 Å². The number of nitrogens with zero attached hydrogens (tertiary/aromatic N) is 1. The number of nitrogens with one attached hydrogen (secondary N) is 1. The van der Waals surface area contributed by atoms with Crippen LogP contribution >= 0.6 is 0 Å². The summed E-state index contributed by atoms with van der Waals surface area (Å²) >= 11 is 0. The van der Waals surface area contributed by atoms with Crippen LogP contribution in [0, 0.1) is 0 Å². The van der Waals surface area contributed by atoms with Crippen LogP contribution in [0.5, 0.6) is 5.75 Å². The molecule has 2 aromatic carbocycles. The Bertz CT molecular complexity index is 669. The Kier molecular flexibility index (Phi) is 6.37. The van der Waals surface area contributed by atoms with Gasteiger partial charge in [0.15, 0.2) is 0 Å². The van der Waals surface area contributed by atoms with Crippen molar-refractivity contribution < 1.29 is 14.3 Å². The van der Waals surface area contributed by atoms with Crippen LogP contribution in [0.4, 0.5) is 5.69 Å². The summed E-state index contributed by atoms with van der Waals surface area (Å²) in [4.78, 5) is 25.4. The van der Waals surface area contributed by atoms with Crippen LogP contribution in [-0.2, 0) is 16.0 Å². The van der Waals surface area contributed by atoms with Gasteiger partial charge in [0.05, 0.1) is 13.5 Å². The summed E-state index contributed by atoms with van der Waals surface area (Å²) in [5.74, 6) is 0.640. The monoisotopic (exact) mass is 326 g/mol. The molecule has 0 atom stereocenters. The van der Waals surface area contributed by atoms with Crippen LogP contribution in [-0.4, -0.2) is 32.0 Å². The molecule has 126 valence electrons. The summed E-state index contributed by atoms with van der Waals surface area (Å²) in [6.45, 7) is 2.36. The molecule has 0 saturated heterocycles. The van der Waals surface area contributed by atoms with Crippen molar-refractivity contribution in [3.8, 4) is 5.75 Å². The first-order valence-corrected chi connectivity index (χ1v) is 7.83. The molecule has 2 aromatic rings. The number of rotatable bonds is 7. The van der Waals surface area contributed by atoms with E-state index in [1.807, 2.05) is 54.6 Å². The first-order valence-electron chi connectivity index (χ1n) is 7.83. The standard InChI is InChI=1S/C19H22N2O3/c1-15(22)21(17-6-4-3-5-7-17)13-12-20-19(23)14-16-8-10-18(24-2)11-9-16/h3-11H,12-14H2,1-2H3,(H,20,23). The van der Waals surface area contributed by atoms with Gasteiger partial charge in [-0.3, -0.25) is 9.59 Å². The number of hydrogen-bond donors (Lipinski definition) is 1. The highest BCUT2D eigenvalue weighted by atomic mass is 16.5. The highest BCUT2D eigenvalue weighted by Crippen LogP contribution is 2.13. The molecule has 5 heteroatoms. The smallest absolute Gasteiger partial charge is 0.224 e. The van der Waals surface area contributed by atoms with E-state index < -0.39 is 0 Å². The Morgan fingerprint density at radius 1 is 1.04 bits per heavy atom. The Hall–Kier alpha value is -2.82. The maximum Gasteiger partial charge on any atom is 0.224 e. The maximum absolute atomic E-state index is 12.0. The summed E-state index contributed by atoms with van der Waals surface area (Å²) in [7, 11) is 1.61. The lowest BCUT2D eigenvalue weighted by molar-refractivity contribution is -0.121. The molecule has 0 heterocycles. The third kappa shape index (κ3) is 5.12. The minimum atomic E-state index is -0.0725. The summed E-state index contributed by atoms with van der Waals surface area (Å²) in [6, 6.07) is 16.8. The lowest BCUT2D eigenvalue weighted by Crippen LogP contribution is -2.38. The molecular formula is C19H22N2O3. The highest BCUT2D eigenvalue weighted by molar-refractivity contribution is 5.91. The number of benzene rings is 2. The molecule has 0 aliphatic rings. The van der Waals surface area contributed by atoms with Crippen molar-refractivity contribution in [1.82, 2.24) is 5.32 Å². The maximum atomic E-state index is 12.0. The molecule has 0 unspecified atom stereocenters. The van der Waals surface area contributed by atoms with Crippen molar-refractivity contribution in [1.29, 1.82) is 0 Å². The minimum Gasteiger partial charge on any atom is -0.497 e. The molecule has 5 nitrogen and oxygen atoms in total. The van der Waals surface area contributed by atoms with Crippen LogP contribution in [0.3, 0.4) is 0 Å². The third-order valence-corrected chi connectivity index (χ3v) is 3.63. The van der Waals surface area contributed by atoms with Crippen LogP contribution < -0.4 is 15.0 Å². The average Bonchev–Trinajstić information content (AvgIpc) is 2.60. The fourth-order valence-corrected chi connectivity index (χ4v) is 2.37. The molecule has 0 radical (unpaired) electrons. The molecule has 2 amide bonds. The predicted molar refractivity (Wildman–Crippen MR) is 94.2 cm³/mol. The second kappa shape index (κ2) is 8.72. The lowest BCUT2D eigenvalue weighted by atomic mass is 10.1. The zero-order chi connectivity index (χ0) is 17.4.